The lowest BCUT2D eigenvalue weighted by Gasteiger charge is -2.16. The van der Waals surface area contributed by atoms with Crippen molar-refractivity contribution < 1.29 is 19.0 Å². The summed E-state index contributed by atoms with van der Waals surface area (Å²) in [6, 6.07) is 5.29. The second-order valence-electron chi connectivity index (χ2n) is 8.05. The molecule has 2 aliphatic rings. The zero-order valence-corrected chi connectivity index (χ0v) is 20.1. The van der Waals surface area contributed by atoms with Crippen LogP contribution in [0.3, 0.4) is 0 Å². The SMILES string of the molecule is COCCn1c(S[C@@H](C)C(=O)Nc2ccc3c(c2)OCO3)nc2sc3c(c2c1=O)CCCC3. The van der Waals surface area contributed by atoms with Gasteiger partial charge in [0.25, 0.3) is 5.56 Å². The molecule has 1 atom stereocenters. The summed E-state index contributed by atoms with van der Waals surface area (Å²) in [7, 11) is 1.61. The van der Waals surface area contributed by atoms with Crippen LogP contribution in [0.2, 0.25) is 0 Å². The van der Waals surface area contributed by atoms with Gasteiger partial charge < -0.3 is 19.5 Å². The van der Waals surface area contributed by atoms with Crippen molar-refractivity contribution in [3.8, 4) is 11.5 Å². The van der Waals surface area contributed by atoms with E-state index < -0.39 is 5.25 Å². The highest BCUT2D eigenvalue weighted by molar-refractivity contribution is 8.00. The van der Waals surface area contributed by atoms with Gasteiger partial charge in [0, 0.05) is 23.7 Å². The van der Waals surface area contributed by atoms with Crippen LogP contribution in [0.5, 0.6) is 11.5 Å². The van der Waals surface area contributed by atoms with Crippen molar-refractivity contribution in [2.75, 3.05) is 25.8 Å². The number of methoxy groups -OCH3 is 1. The van der Waals surface area contributed by atoms with Gasteiger partial charge in [-0.3, -0.25) is 14.2 Å². The monoisotopic (exact) mass is 487 g/mol. The van der Waals surface area contributed by atoms with Crippen LogP contribution in [0.15, 0.2) is 28.2 Å². The topological polar surface area (TPSA) is 91.7 Å². The molecule has 1 aliphatic heterocycles. The van der Waals surface area contributed by atoms with Crippen LogP contribution >= 0.6 is 23.1 Å². The number of aryl methyl sites for hydroxylation is 2. The van der Waals surface area contributed by atoms with Gasteiger partial charge in [-0.05, 0) is 50.3 Å². The summed E-state index contributed by atoms with van der Waals surface area (Å²) in [4.78, 5) is 33.3. The summed E-state index contributed by atoms with van der Waals surface area (Å²) in [6.07, 6.45) is 4.18. The number of thioether (sulfide) groups is 1. The molecule has 8 nitrogen and oxygen atoms in total. The number of hydrogen-bond donors (Lipinski definition) is 1. The van der Waals surface area contributed by atoms with Crippen molar-refractivity contribution >= 4 is 44.9 Å². The van der Waals surface area contributed by atoms with E-state index in [1.165, 1.54) is 16.6 Å². The Kier molecular flexibility index (Phi) is 6.31. The molecule has 0 saturated heterocycles. The van der Waals surface area contributed by atoms with Crippen molar-refractivity contribution in [3.63, 3.8) is 0 Å². The molecule has 3 heterocycles. The number of aromatic nitrogens is 2. The van der Waals surface area contributed by atoms with Gasteiger partial charge in [-0.1, -0.05) is 11.8 Å². The van der Waals surface area contributed by atoms with E-state index in [-0.39, 0.29) is 18.3 Å². The fraction of sp³-hybridized carbons (Fsp3) is 0.435. The molecule has 0 spiro atoms. The average Bonchev–Trinajstić information content (AvgIpc) is 3.42. The van der Waals surface area contributed by atoms with E-state index in [0.717, 1.165) is 41.5 Å². The predicted octanol–water partition coefficient (Wildman–Crippen LogP) is 3.83. The zero-order chi connectivity index (χ0) is 22.9. The number of anilines is 1. The number of benzene rings is 1. The molecule has 33 heavy (non-hydrogen) atoms. The van der Waals surface area contributed by atoms with Crippen LogP contribution in [-0.2, 0) is 28.9 Å². The highest BCUT2D eigenvalue weighted by atomic mass is 32.2. The van der Waals surface area contributed by atoms with Crippen LogP contribution in [-0.4, -0.2) is 41.2 Å². The Morgan fingerprint density at radius 3 is 2.97 bits per heavy atom. The second kappa shape index (κ2) is 9.36. The van der Waals surface area contributed by atoms with Crippen LogP contribution in [0.4, 0.5) is 5.69 Å². The van der Waals surface area contributed by atoms with Crippen molar-refractivity contribution in [2.24, 2.45) is 0 Å². The fourth-order valence-corrected chi connectivity index (χ4v) is 6.36. The molecule has 174 valence electrons. The first kappa shape index (κ1) is 22.2. The first-order chi connectivity index (χ1) is 16.0. The van der Waals surface area contributed by atoms with Crippen LogP contribution < -0.4 is 20.3 Å². The molecule has 1 aliphatic carbocycles. The number of nitrogens with zero attached hydrogens (tertiary/aromatic N) is 2. The predicted molar refractivity (Wildman–Crippen MR) is 129 cm³/mol. The van der Waals surface area contributed by atoms with Crippen LogP contribution in [0.25, 0.3) is 10.2 Å². The lowest BCUT2D eigenvalue weighted by Crippen LogP contribution is -2.28. The minimum Gasteiger partial charge on any atom is -0.454 e. The fourth-order valence-electron chi connectivity index (χ4n) is 4.12. The second-order valence-corrected chi connectivity index (χ2v) is 10.4. The van der Waals surface area contributed by atoms with E-state index in [4.69, 9.17) is 19.2 Å². The molecular weight excluding hydrogens is 462 g/mol. The lowest BCUT2D eigenvalue weighted by atomic mass is 9.97. The number of ether oxygens (including phenoxy) is 3. The number of hydrogen-bond acceptors (Lipinski definition) is 8. The Bertz CT molecular complexity index is 1270. The highest BCUT2D eigenvalue weighted by Crippen LogP contribution is 2.36. The Hall–Kier alpha value is -2.56. The number of carbonyl (C=O) groups excluding carboxylic acids is 1. The Labute approximate surface area is 199 Å². The maximum absolute atomic E-state index is 13.5. The summed E-state index contributed by atoms with van der Waals surface area (Å²) in [5.74, 6) is 1.08. The third-order valence-electron chi connectivity index (χ3n) is 5.85. The van der Waals surface area contributed by atoms with E-state index >= 15 is 0 Å². The maximum atomic E-state index is 13.5. The zero-order valence-electron chi connectivity index (χ0n) is 18.5. The number of thiophene rings is 1. The van der Waals surface area contributed by atoms with Gasteiger partial charge >= 0.3 is 0 Å². The molecule has 0 bridgehead atoms. The molecule has 0 radical (unpaired) electrons. The van der Waals surface area contributed by atoms with Gasteiger partial charge in [0.1, 0.15) is 4.83 Å². The van der Waals surface area contributed by atoms with Gasteiger partial charge in [0.15, 0.2) is 16.7 Å². The molecule has 1 aromatic carbocycles. The first-order valence-corrected chi connectivity index (χ1v) is 12.7. The van der Waals surface area contributed by atoms with Crippen molar-refractivity contribution in [3.05, 3.63) is 39.0 Å². The third kappa shape index (κ3) is 4.34. The molecule has 10 heteroatoms. The van der Waals surface area contributed by atoms with E-state index in [2.05, 4.69) is 5.32 Å². The van der Waals surface area contributed by atoms with Crippen molar-refractivity contribution in [1.29, 1.82) is 0 Å². The maximum Gasteiger partial charge on any atom is 0.263 e. The minimum absolute atomic E-state index is 0.0395. The van der Waals surface area contributed by atoms with E-state index in [0.29, 0.717) is 35.5 Å². The van der Waals surface area contributed by atoms with Gasteiger partial charge in [0.2, 0.25) is 12.7 Å². The van der Waals surface area contributed by atoms with Crippen LogP contribution in [0.1, 0.15) is 30.2 Å². The summed E-state index contributed by atoms with van der Waals surface area (Å²) < 4.78 is 17.6. The normalized spacial score (nSPS) is 15.5. The molecule has 2 aromatic heterocycles. The van der Waals surface area contributed by atoms with E-state index in [9.17, 15) is 9.59 Å². The lowest BCUT2D eigenvalue weighted by molar-refractivity contribution is -0.115. The van der Waals surface area contributed by atoms with Crippen LogP contribution in [0, 0.1) is 0 Å². The van der Waals surface area contributed by atoms with Crippen molar-refractivity contribution in [1.82, 2.24) is 9.55 Å². The standard InChI is InChI=1S/C23H25N3O5S2/c1-13(20(27)24-14-7-8-16-17(11-14)31-12-30-16)32-23-25-21-19(22(28)26(23)9-10-29-2)15-5-3-4-6-18(15)33-21/h7-8,11,13H,3-6,9-10,12H2,1-2H3,(H,24,27)/t13-/m0/s1. The van der Waals surface area contributed by atoms with Gasteiger partial charge in [-0.25, -0.2) is 4.98 Å². The summed E-state index contributed by atoms with van der Waals surface area (Å²) >= 11 is 2.90. The smallest absolute Gasteiger partial charge is 0.263 e. The van der Waals surface area contributed by atoms with E-state index in [1.54, 1.807) is 41.2 Å². The number of carbonyl (C=O) groups is 1. The van der Waals surface area contributed by atoms with Gasteiger partial charge in [0.05, 0.1) is 23.8 Å². The molecule has 5 rings (SSSR count). The molecule has 3 aromatic rings. The number of rotatable bonds is 7. The summed E-state index contributed by atoms with van der Waals surface area (Å²) in [5, 5.41) is 3.73. The molecule has 1 amide bonds. The number of nitrogens with one attached hydrogen (secondary N) is 1. The molecule has 0 saturated carbocycles. The molecular formula is C23H25N3O5S2. The summed E-state index contributed by atoms with van der Waals surface area (Å²) in [6.45, 7) is 2.77. The van der Waals surface area contributed by atoms with Gasteiger partial charge in [-0.15, -0.1) is 11.3 Å². The van der Waals surface area contributed by atoms with Crippen molar-refractivity contribution in [2.45, 2.75) is 49.6 Å². The first-order valence-electron chi connectivity index (χ1n) is 11.0. The number of fused-ring (bicyclic) bond motifs is 4. The highest BCUT2D eigenvalue weighted by Gasteiger charge is 2.25. The third-order valence-corrected chi connectivity index (χ3v) is 8.13. The average molecular weight is 488 g/mol. The minimum atomic E-state index is -0.469. The van der Waals surface area contributed by atoms with E-state index in [1.807, 2.05) is 6.92 Å². The Morgan fingerprint density at radius 1 is 1.30 bits per heavy atom. The van der Waals surface area contributed by atoms with Gasteiger partial charge in [-0.2, -0.15) is 0 Å². The molecule has 0 fully saturated rings. The molecule has 0 unspecified atom stereocenters. The molecule has 1 N–H and O–H groups in total. The Morgan fingerprint density at radius 2 is 2.12 bits per heavy atom. The quantitative estimate of drug-likeness (QED) is 0.400. The largest absolute Gasteiger partial charge is 0.454 e. The summed E-state index contributed by atoms with van der Waals surface area (Å²) in [5.41, 5.74) is 1.75. The number of amides is 1. The Balaban J connectivity index is 1.42.